The van der Waals surface area contributed by atoms with E-state index in [0.29, 0.717) is 6.42 Å². The third kappa shape index (κ3) is 2.93. The van der Waals surface area contributed by atoms with Crippen LogP contribution in [0.15, 0.2) is 36.4 Å². The maximum absolute atomic E-state index is 11.1. The number of rotatable bonds is 4. The summed E-state index contributed by atoms with van der Waals surface area (Å²) in [6, 6.07) is 12.6. The van der Waals surface area contributed by atoms with Crippen molar-refractivity contribution in [2.24, 2.45) is 0 Å². The molecule has 1 aromatic carbocycles. The molecular formula is C21H22N2O2. The first-order valence-corrected chi connectivity index (χ1v) is 8.94. The maximum atomic E-state index is 11.1. The molecule has 0 spiro atoms. The first kappa shape index (κ1) is 15.9. The largest absolute Gasteiger partial charge is 0.481 e. The molecule has 128 valence electrons. The van der Waals surface area contributed by atoms with Crippen molar-refractivity contribution in [2.45, 2.75) is 45.4 Å². The first-order valence-electron chi connectivity index (χ1n) is 8.94. The van der Waals surface area contributed by atoms with Gasteiger partial charge in [0.1, 0.15) is 5.65 Å². The fourth-order valence-corrected chi connectivity index (χ4v) is 3.89. The summed E-state index contributed by atoms with van der Waals surface area (Å²) in [6.45, 7) is 2.04. The highest BCUT2D eigenvalue weighted by Gasteiger charge is 2.18. The van der Waals surface area contributed by atoms with Crippen molar-refractivity contribution in [1.82, 2.24) is 9.38 Å². The normalized spacial score (nSPS) is 13.8. The minimum Gasteiger partial charge on any atom is -0.481 e. The molecule has 0 saturated carbocycles. The maximum Gasteiger partial charge on any atom is 0.303 e. The lowest BCUT2D eigenvalue weighted by Crippen LogP contribution is -2.04. The quantitative estimate of drug-likeness (QED) is 0.778. The number of aromatic nitrogens is 2. The van der Waals surface area contributed by atoms with Gasteiger partial charge in [-0.1, -0.05) is 18.2 Å². The first-order chi connectivity index (χ1) is 12.1. The van der Waals surface area contributed by atoms with Gasteiger partial charge in [-0.3, -0.25) is 4.79 Å². The van der Waals surface area contributed by atoms with Crippen LogP contribution in [0.25, 0.3) is 16.9 Å². The third-order valence-electron chi connectivity index (χ3n) is 5.13. The monoisotopic (exact) mass is 334 g/mol. The van der Waals surface area contributed by atoms with Gasteiger partial charge in [0.15, 0.2) is 0 Å². The molecule has 3 aromatic rings. The number of carbonyl (C=O) groups is 1. The van der Waals surface area contributed by atoms with E-state index in [0.717, 1.165) is 41.1 Å². The van der Waals surface area contributed by atoms with Crippen LogP contribution in [-0.2, 0) is 24.1 Å². The standard InChI is InChI=1S/C21H22N2O2/c1-14-5-4-8-19-22-21(18(23(14)19)11-12-20(24)25)17-10-9-15-6-2-3-7-16(15)13-17/h4-5,8-10,13H,2-3,6-7,11-12H2,1H3,(H,24,25). The van der Waals surface area contributed by atoms with Crippen LogP contribution in [-0.4, -0.2) is 20.5 Å². The molecule has 4 heteroatoms. The van der Waals surface area contributed by atoms with Crippen molar-refractivity contribution in [2.75, 3.05) is 0 Å². The number of nitrogens with zero attached hydrogens (tertiary/aromatic N) is 2. The van der Waals surface area contributed by atoms with Crippen LogP contribution in [0, 0.1) is 6.92 Å². The van der Waals surface area contributed by atoms with Gasteiger partial charge in [-0.2, -0.15) is 0 Å². The fraction of sp³-hybridized carbons (Fsp3) is 0.333. The number of benzene rings is 1. The number of carboxylic acid groups (broad SMARTS) is 1. The number of fused-ring (bicyclic) bond motifs is 2. The number of hydrogen-bond donors (Lipinski definition) is 1. The Bertz CT molecular complexity index is 956. The van der Waals surface area contributed by atoms with E-state index in [1.165, 1.54) is 24.0 Å². The van der Waals surface area contributed by atoms with E-state index in [2.05, 4.69) is 22.6 Å². The van der Waals surface area contributed by atoms with E-state index in [4.69, 9.17) is 10.1 Å². The number of aliphatic carboxylic acids is 1. The van der Waals surface area contributed by atoms with Crippen molar-refractivity contribution in [3.05, 3.63) is 58.9 Å². The van der Waals surface area contributed by atoms with Crippen molar-refractivity contribution in [3.8, 4) is 11.3 Å². The Morgan fingerprint density at radius 3 is 2.76 bits per heavy atom. The molecule has 1 N–H and O–H groups in total. The van der Waals surface area contributed by atoms with Gasteiger partial charge in [-0.05, 0) is 61.9 Å². The van der Waals surface area contributed by atoms with Gasteiger partial charge in [0.25, 0.3) is 0 Å². The van der Waals surface area contributed by atoms with Crippen LogP contribution < -0.4 is 0 Å². The summed E-state index contributed by atoms with van der Waals surface area (Å²) >= 11 is 0. The van der Waals surface area contributed by atoms with Gasteiger partial charge < -0.3 is 9.51 Å². The second kappa shape index (κ2) is 6.36. The number of imidazole rings is 1. The number of pyridine rings is 1. The number of carboxylic acids is 1. The molecule has 1 aliphatic rings. The van der Waals surface area contributed by atoms with E-state index in [-0.39, 0.29) is 6.42 Å². The zero-order chi connectivity index (χ0) is 17.4. The molecule has 0 atom stereocenters. The van der Waals surface area contributed by atoms with Crippen LogP contribution in [0.4, 0.5) is 0 Å². The lowest BCUT2D eigenvalue weighted by Gasteiger charge is -2.16. The molecule has 0 saturated heterocycles. The summed E-state index contributed by atoms with van der Waals surface area (Å²) in [5.41, 5.74) is 7.84. The van der Waals surface area contributed by atoms with Gasteiger partial charge in [0.05, 0.1) is 17.8 Å². The van der Waals surface area contributed by atoms with Crippen LogP contribution >= 0.6 is 0 Å². The topological polar surface area (TPSA) is 54.6 Å². The molecule has 0 amide bonds. The highest BCUT2D eigenvalue weighted by atomic mass is 16.4. The molecule has 0 radical (unpaired) electrons. The summed E-state index contributed by atoms with van der Waals surface area (Å²) in [5.74, 6) is -0.778. The fourth-order valence-electron chi connectivity index (χ4n) is 3.89. The Morgan fingerprint density at radius 1 is 1.16 bits per heavy atom. The number of hydrogen-bond acceptors (Lipinski definition) is 2. The SMILES string of the molecule is Cc1cccc2nc(-c3ccc4c(c3)CCCC4)c(CCC(=O)O)n12. The smallest absolute Gasteiger partial charge is 0.303 e. The second-order valence-corrected chi connectivity index (χ2v) is 6.85. The van der Waals surface area contributed by atoms with Crippen molar-refractivity contribution < 1.29 is 9.90 Å². The highest BCUT2D eigenvalue weighted by molar-refractivity contribution is 5.71. The van der Waals surface area contributed by atoms with Gasteiger partial charge in [0.2, 0.25) is 0 Å². The van der Waals surface area contributed by atoms with E-state index < -0.39 is 5.97 Å². The Kier molecular flexibility index (Phi) is 4.04. The average molecular weight is 334 g/mol. The molecule has 0 bridgehead atoms. The molecular weight excluding hydrogens is 312 g/mol. The van der Waals surface area contributed by atoms with E-state index in [1.54, 1.807) is 0 Å². The van der Waals surface area contributed by atoms with Gasteiger partial charge >= 0.3 is 5.97 Å². The van der Waals surface area contributed by atoms with Crippen LogP contribution in [0.3, 0.4) is 0 Å². The average Bonchev–Trinajstić information content (AvgIpc) is 2.99. The zero-order valence-electron chi connectivity index (χ0n) is 14.5. The van der Waals surface area contributed by atoms with Crippen LogP contribution in [0.1, 0.15) is 41.8 Å². The molecule has 4 rings (SSSR count). The molecule has 2 heterocycles. The van der Waals surface area contributed by atoms with Crippen LogP contribution in [0.2, 0.25) is 0 Å². The van der Waals surface area contributed by atoms with E-state index >= 15 is 0 Å². The molecule has 2 aromatic heterocycles. The Balaban J connectivity index is 1.87. The van der Waals surface area contributed by atoms with E-state index in [1.807, 2.05) is 25.1 Å². The summed E-state index contributed by atoms with van der Waals surface area (Å²) in [7, 11) is 0. The predicted octanol–water partition coefficient (Wildman–Crippen LogP) is 4.21. The molecule has 4 nitrogen and oxygen atoms in total. The molecule has 0 aliphatic heterocycles. The van der Waals surface area contributed by atoms with E-state index in [9.17, 15) is 4.79 Å². The minimum absolute atomic E-state index is 0.111. The Hall–Kier alpha value is -2.62. The van der Waals surface area contributed by atoms with Crippen molar-refractivity contribution in [3.63, 3.8) is 0 Å². The zero-order valence-corrected chi connectivity index (χ0v) is 14.5. The minimum atomic E-state index is -0.778. The molecule has 1 aliphatic carbocycles. The van der Waals surface area contributed by atoms with Gasteiger partial charge in [0, 0.05) is 17.7 Å². The van der Waals surface area contributed by atoms with Crippen molar-refractivity contribution >= 4 is 11.6 Å². The third-order valence-corrected chi connectivity index (χ3v) is 5.13. The Labute approximate surface area is 147 Å². The number of aryl methyl sites for hydroxylation is 4. The highest BCUT2D eigenvalue weighted by Crippen LogP contribution is 2.30. The molecule has 0 unspecified atom stereocenters. The predicted molar refractivity (Wildman–Crippen MR) is 98.0 cm³/mol. The Morgan fingerprint density at radius 2 is 1.96 bits per heavy atom. The lowest BCUT2D eigenvalue weighted by atomic mass is 9.89. The second-order valence-electron chi connectivity index (χ2n) is 6.85. The lowest BCUT2D eigenvalue weighted by molar-refractivity contribution is -0.136. The summed E-state index contributed by atoms with van der Waals surface area (Å²) in [4.78, 5) is 16.0. The summed E-state index contributed by atoms with van der Waals surface area (Å²) in [5, 5.41) is 9.14. The summed E-state index contributed by atoms with van der Waals surface area (Å²) < 4.78 is 2.09. The summed E-state index contributed by atoms with van der Waals surface area (Å²) in [6.07, 6.45) is 5.38. The van der Waals surface area contributed by atoms with Gasteiger partial charge in [-0.25, -0.2) is 4.98 Å². The van der Waals surface area contributed by atoms with Crippen LogP contribution in [0.5, 0.6) is 0 Å². The van der Waals surface area contributed by atoms with Gasteiger partial charge in [-0.15, -0.1) is 0 Å². The van der Waals surface area contributed by atoms with Crippen molar-refractivity contribution in [1.29, 1.82) is 0 Å². The molecule has 0 fully saturated rings. The molecule has 25 heavy (non-hydrogen) atoms.